The fourth-order valence-corrected chi connectivity index (χ4v) is 2.65. The fraction of sp³-hybridized carbons (Fsp3) is 0.600. The molecule has 21 heavy (non-hydrogen) atoms. The Morgan fingerprint density at radius 3 is 3.05 bits per heavy atom. The van der Waals surface area contributed by atoms with Crippen LogP contribution < -0.4 is 5.32 Å². The van der Waals surface area contributed by atoms with E-state index in [4.69, 9.17) is 9.52 Å². The Kier molecular flexibility index (Phi) is 5.80. The Morgan fingerprint density at radius 1 is 1.48 bits per heavy atom. The molecule has 116 valence electrons. The summed E-state index contributed by atoms with van der Waals surface area (Å²) < 4.78 is 4.98. The maximum absolute atomic E-state index is 12.1. The van der Waals surface area contributed by atoms with Crippen molar-refractivity contribution in [3.63, 3.8) is 0 Å². The third-order valence-electron chi connectivity index (χ3n) is 3.78. The van der Waals surface area contributed by atoms with Gasteiger partial charge < -0.3 is 19.7 Å². The van der Waals surface area contributed by atoms with Crippen molar-refractivity contribution < 1.29 is 19.1 Å². The van der Waals surface area contributed by atoms with Gasteiger partial charge in [-0.15, -0.1) is 0 Å². The van der Waals surface area contributed by atoms with Crippen molar-refractivity contribution in [2.24, 2.45) is 5.92 Å². The van der Waals surface area contributed by atoms with Crippen molar-refractivity contribution in [2.45, 2.75) is 25.7 Å². The van der Waals surface area contributed by atoms with Gasteiger partial charge in [-0.1, -0.05) is 0 Å². The molecule has 2 N–H and O–H groups in total. The molecule has 6 heteroatoms. The van der Waals surface area contributed by atoms with E-state index in [-0.39, 0.29) is 30.6 Å². The number of furan rings is 1. The molecule has 1 aromatic rings. The molecular weight excluding hydrogens is 272 g/mol. The number of likely N-dealkylation sites (tertiary alicyclic amines) is 1. The Morgan fingerprint density at radius 2 is 2.33 bits per heavy atom. The highest BCUT2D eigenvalue weighted by Crippen LogP contribution is 2.19. The van der Waals surface area contributed by atoms with E-state index in [2.05, 4.69) is 5.32 Å². The van der Waals surface area contributed by atoms with Crippen molar-refractivity contribution in [1.82, 2.24) is 10.2 Å². The molecule has 2 heterocycles. The van der Waals surface area contributed by atoms with Crippen LogP contribution in [-0.4, -0.2) is 48.1 Å². The molecule has 0 radical (unpaired) electrons. The standard InChI is InChI=1S/C15H22N2O4/c18-9-6-12-3-1-8-17(11-12)14(19)5-7-16-15(20)13-4-2-10-21-13/h2,4,10,12,18H,1,3,5-9,11H2,(H,16,20). The third-order valence-corrected chi connectivity index (χ3v) is 3.78. The van der Waals surface area contributed by atoms with E-state index < -0.39 is 0 Å². The number of nitrogens with zero attached hydrogens (tertiary/aromatic N) is 1. The summed E-state index contributed by atoms with van der Waals surface area (Å²) in [5.74, 6) is 0.399. The van der Waals surface area contributed by atoms with Gasteiger partial charge in [-0.05, 0) is 37.3 Å². The molecule has 1 saturated heterocycles. The maximum atomic E-state index is 12.1. The number of amides is 2. The highest BCUT2D eigenvalue weighted by molar-refractivity contribution is 5.91. The molecule has 1 unspecified atom stereocenters. The van der Waals surface area contributed by atoms with Gasteiger partial charge in [-0.25, -0.2) is 0 Å². The zero-order valence-electron chi connectivity index (χ0n) is 12.1. The predicted octanol–water partition coefficient (Wildman–Crippen LogP) is 1.02. The van der Waals surface area contributed by atoms with Gasteiger partial charge in [0.15, 0.2) is 5.76 Å². The lowest BCUT2D eigenvalue weighted by atomic mass is 9.95. The Hall–Kier alpha value is -1.82. The van der Waals surface area contributed by atoms with Crippen LogP contribution >= 0.6 is 0 Å². The van der Waals surface area contributed by atoms with E-state index in [1.54, 1.807) is 12.1 Å². The van der Waals surface area contributed by atoms with Crippen molar-refractivity contribution >= 4 is 11.8 Å². The number of carbonyl (C=O) groups excluding carboxylic acids is 2. The van der Waals surface area contributed by atoms with Gasteiger partial charge in [-0.3, -0.25) is 9.59 Å². The summed E-state index contributed by atoms with van der Waals surface area (Å²) in [6.45, 7) is 1.96. The second kappa shape index (κ2) is 7.83. The van der Waals surface area contributed by atoms with Crippen LogP contribution in [-0.2, 0) is 4.79 Å². The Balaban J connectivity index is 1.70. The summed E-state index contributed by atoms with van der Waals surface area (Å²) in [4.78, 5) is 25.6. The molecule has 1 aliphatic heterocycles. The molecule has 2 rings (SSSR count). The van der Waals surface area contributed by atoms with Gasteiger partial charge in [-0.2, -0.15) is 0 Å². The third kappa shape index (κ3) is 4.60. The maximum Gasteiger partial charge on any atom is 0.286 e. The minimum atomic E-state index is -0.301. The van der Waals surface area contributed by atoms with Crippen LogP contribution in [0.4, 0.5) is 0 Å². The number of hydrogen-bond acceptors (Lipinski definition) is 4. The van der Waals surface area contributed by atoms with Gasteiger partial charge in [0.25, 0.3) is 5.91 Å². The average Bonchev–Trinajstić information content (AvgIpc) is 3.02. The molecule has 0 spiro atoms. The summed E-state index contributed by atoms with van der Waals surface area (Å²) in [5, 5.41) is 11.6. The van der Waals surface area contributed by atoms with Crippen LogP contribution in [0.3, 0.4) is 0 Å². The zero-order chi connectivity index (χ0) is 15.1. The largest absolute Gasteiger partial charge is 0.459 e. The molecule has 0 saturated carbocycles. The second-order valence-electron chi connectivity index (χ2n) is 5.34. The monoisotopic (exact) mass is 294 g/mol. The summed E-state index contributed by atoms with van der Waals surface area (Å²) in [6.07, 6.45) is 4.53. The van der Waals surface area contributed by atoms with E-state index >= 15 is 0 Å². The second-order valence-corrected chi connectivity index (χ2v) is 5.34. The number of carbonyl (C=O) groups is 2. The normalized spacial score (nSPS) is 18.5. The minimum absolute atomic E-state index is 0.0531. The Bertz CT molecular complexity index is 456. The first-order valence-electron chi connectivity index (χ1n) is 7.41. The molecule has 1 aliphatic rings. The van der Waals surface area contributed by atoms with E-state index in [1.807, 2.05) is 4.90 Å². The molecule has 1 atom stereocenters. The van der Waals surface area contributed by atoms with E-state index in [9.17, 15) is 9.59 Å². The van der Waals surface area contributed by atoms with Crippen molar-refractivity contribution in [3.05, 3.63) is 24.2 Å². The molecular formula is C15H22N2O4. The summed E-state index contributed by atoms with van der Waals surface area (Å²) >= 11 is 0. The molecule has 1 fully saturated rings. The van der Waals surface area contributed by atoms with Crippen LogP contribution in [0.1, 0.15) is 36.2 Å². The SMILES string of the molecule is O=C(NCCC(=O)N1CCCC(CCO)C1)c1ccco1. The van der Waals surface area contributed by atoms with E-state index in [0.29, 0.717) is 19.0 Å². The number of nitrogens with one attached hydrogen (secondary N) is 1. The molecule has 2 amide bonds. The number of piperidine rings is 1. The van der Waals surface area contributed by atoms with Gasteiger partial charge in [0.1, 0.15) is 0 Å². The number of rotatable bonds is 6. The van der Waals surface area contributed by atoms with Gasteiger partial charge in [0.05, 0.1) is 6.26 Å². The summed E-state index contributed by atoms with van der Waals surface area (Å²) in [5.41, 5.74) is 0. The predicted molar refractivity (Wildman–Crippen MR) is 76.7 cm³/mol. The lowest BCUT2D eigenvalue weighted by molar-refractivity contribution is -0.133. The summed E-state index contributed by atoms with van der Waals surface area (Å²) in [6, 6.07) is 3.23. The van der Waals surface area contributed by atoms with Gasteiger partial charge in [0.2, 0.25) is 5.91 Å². The minimum Gasteiger partial charge on any atom is -0.459 e. The number of aliphatic hydroxyl groups is 1. The smallest absolute Gasteiger partial charge is 0.286 e. The van der Waals surface area contributed by atoms with Gasteiger partial charge >= 0.3 is 0 Å². The highest BCUT2D eigenvalue weighted by atomic mass is 16.3. The molecule has 0 aromatic carbocycles. The first kappa shape index (κ1) is 15.6. The van der Waals surface area contributed by atoms with Crippen LogP contribution in [0.15, 0.2) is 22.8 Å². The van der Waals surface area contributed by atoms with Crippen molar-refractivity contribution in [2.75, 3.05) is 26.2 Å². The quantitative estimate of drug-likeness (QED) is 0.820. The Labute approximate surface area is 124 Å². The van der Waals surface area contributed by atoms with Crippen molar-refractivity contribution in [1.29, 1.82) is 0 Å². The van der Waals surface area contributed by atoms with Gasteiger partial charge in [0, 0.05) is 32.7 Å². The molecule has 0 aliphatic carbocycles. The first-order valence-corrected chi connectivity index (χ1v) is 7.41. The van der Waals surface area contributed by atoms with E-state index in [0.717, 1.165) is 25.8 Å². The molecule has 1 aromatic heterocycles. The molecule has 0 bridgehead atoms. The number of aliphatic hydroxyl groups excluding tert-OH is 1. The van der Waals surface area contributed by atoms with E-state index in [1.165, 1.54) is 6.26 Å². The van der Waals surface area contributed by atoms with Crippen LogP contribution in [0, 0.1) is 5.92 Å². The fourth-order valence-electron chi connectivity index (χ4n) is 2.65. The average molecular weight is 294 g/mol. The molecule has 6 nitrogen and oxygen atoms in total. The van der Waals surface area contributed by atoms with Crippen LogP contribution in [0.5, 0.6) is 0 Å². The van der Waals surface area contributed by atoms with Crippen LogP contribution in [0.25, 0.3) is 0 Å². The number of hydrogen-bond donors (Lipinski definition) is 2. The lowest BCUT2D eigenvalue weighted by Crippen LogP contribution is -2.41. The highest BCUT2D eigenvalue weighted by Gasteiger charge is 2.23. The van der Waals surface area contributed by atoms with Crippen molar-refractivity contribution in [3.8, 4) is 0 Å². The lowest BCUT2D eigenvalue weighted by Gasteiger charge is -2.32. The topological polar surface area (TPSA) is 82.8 Å². The van der Waals surface area contributed by atoms with Crippen LogP contribution in [0.2, 0.25) is 0 Å². The zero-order valence-corrected chi connectivity index (χ0v) is 12.1. The summed E-state index contributed by atoms with van der Waals surface area (Å²) in [7, 11) is 0. The first-order chi connectivity index (χ1) is 10.2.